The fraction of sp³-hybridized carbons (Fsp3) is 0.200. The second-order valence-electron chi connectivity index (χ2n) is 4.59. The molecular weight excluding hydrogens is 288 g/mol. The molecule has 6 heteroatoms. The SMILES string of the molecule is COc1ccc(CCNc2ccc(S(N)(=O)=O)cc2)cc1. The molecule has 5 nitrogen and oxygen atoms in total. The minimum atomic E-state index is -3.63. The first-order valence-electron chi connectivity index (χ1n) is 6.49. The van der Waals surface area contributed by atoms with Crippen molar-refractivity contribution in [2.75, 3.05) is 19.0 Å². The second kappa shape index (κ2) is 6.60. The molecule has 2 aromatic rings. The van der Waals surface area contributed by atoms with Crippen molar-refractivity contribution in [1.29, 1.82) is 0 Å². The van der Waals surface area contributed by atoms with Gasteiger partial charge in [0.05, 0.1) is 12.0 Å². The summed E-state index contributed by atoms with van der Waals surface area (Å²) in [6.07, 6.45) is 0.862. The summed E-state index contributed by atoms with van der Waals surface area (Å²) in [6, 6.07) is 14.3. The number of nitrogens with two attached hydrogens (primary N) is 1. The Morgan fingerprint density at radius 1 is 1.05 bits per heavy atom. The average Bonchev–Trinajstić information content (AvgIpc) is 2.47. The van der Waals surface area contributed by atoms with E-state index in [0.717, 1.165) is 24.4 Å². The maximum Gasteiger partial charge on any atom is 0.238 e. The van der Waals surface area contributed by atoms with Crippen LogP contribution in [0.4, 0.5) is 5.69 Å². The zero-order chi connectivity index (χ0) is 15.3. The minimum absolute atomic E-state index is 0.114. The lowest BCUT2D eigenvalue weighted by molar-refractivity contribution is 0.414. The minimum Gasteiger partial charge on any atom is -0.497 e. The van der Waals surface area contributed by atoms with Gasteiger partial charge in [0, 0.05) is 12.2 Å². The van der Waals surface area contributed by atoms with Gasteiger partial charge >= 0.3 is 0 Å². The molecule has 0 bridgehead atoms. The van der Waals surface area contributed by atoms with Crippen LogP contribution >= 0.6 is 0 Å². The predicted molar refractivity (Wildman–Crippen MR) is 83.0 cm³/mol. The molecule has 0 radical (unpaired) electrons. The lowest BCUT2D eigenvalue weighted by Gasteiger charge is -2.08. The van der Waals surface area contributed by atoms with Crippen LogP contribution in [0.15, 0.2) is 53.4 Å². The third-order valence-corrected chi connectivity index (χ3v) is 4.01. The molecule has 0 unspecified atom stereocenters. The molecule has 0 fully saturated rings. The number of sulfonamides is 1. The number of hydrogen-bond donors (Lipinski definition) is 2. The Balaban J connectivity index is 1.88. The molecule has 0 spiro atoms. The highest BCUT2D eigenvalue weighted by atomic mass is 32.2. The lowest BCUT2D eigenvalue weighted by atomic mass is 10.1. The molecule has 0 aliphatic rings. The zero-order valence-electron chi connectivity index (χ0n) is 11.7. The summed E-state index contributed by atoms with van der Waals surface area (Å²) in [5.74, 6) is 0.838. The number of nitrogens with one attached hydrogen (secondary N) is 1. The summed E-state index contributed by atoms with van der Waals surface area (Å²) in [5.41, 5.74) is 2.06. The van der Waals surface area contributed by atoms with Gasteiger partial charge in [-0.05, 0) is 48.4 Å². The molecule has 0 heterocycles. The number of rotatable bonds is 6. The fourth-order valence-electron chi connectivity index (χ4n) is 1.91. The van der Waals surface area contributed by atoms with Crippen molar-refractivity contribution < 1.29 is 13.2 Å². The topological polar surface area (TPSA) is 81.4 Å². The van der Waals surface area contributed by atoms with E-state index in [9.17, 15) is 8.42 Å². The summed E-state index contributed by atoms with van der Waals surface area (Å²) in [7, 11) is -1.99. The number of hydrogen-bond acceptors (Lipinski definition) is 4. The van der Waals surface area contributed by atoms with E-state index in [-0.39, 0.29) is 4.90 Å². The maximum absolute atomic E-state index is 11.1. The van der Waals surface area contributed by atoms with Crippen molar-refractivity contribution in [3.05, 3.63) is 54.1 Å². The van der Waals surface area contributed by atoms with Crippen molar-refractivity contribution in [3.8, 4) is 5.75 Å². The van der Waals surface area contributed by atoms with Crippen molar-refractivity contribution in [1.82, 2.24) is 0 Å². The quantitative estimate of drug-likeness (QED) is 0.855. The molecule has 0 saturated heterocycles. The van der Waals surface area contributed by atoms with E-state index in [0.29, 0.717) is 0 Å². The predicted octanol–water partition coefficient (Wildman–Crippen LogP) is 2.00. The van der Waals surface area contributed by atoms with Gasteiger partial charge in [0.2, 0.25) is 10.0 Å². The largest absolute Gasteiger partial charge is 0.497 e. The zero-order valence-corrected chi connectivity index (χ0v) is 12.6. The van der Waals surface area contributed by atoms with Crippen LogP contribution in [0.5, 0.6) is 5.75 Å². The monoisotopic (exact) mass is 306 g/mol. The first kappa shape index (κ1) is 15.3. The van der Waals surface area contributed by atoms with Gasteiger partial charge in [-0.15, -0.1) is 0 Å². The Morgan fingerprint density at radius 3 is 2.19 bits per heavy atom. The molecule has 0 aromatic heterocycles. The summed E-state index contributed by atoms with van der Waals surface area (Å²) >= 11 is 0. The molecule has 2 aromatic carbocycles. The maximum atomic E-state index is 11.1. The van der Waals surface area contributed by atoms with Gasteiger partial charge in [-0.25, -0.2) is 13.6 Å². The normalized spacial score (nSPS) is 11.1. The van der Waals surface area contributed by atoms with E-state index in [2.05, 4.69) is 5.32 Å². The molecule has 2 rings (SSSR count). The first-order chi connectivity index (χ1) is 9.99. The smallest absolute Gasteiger partial charge is 0.238 e. The average molecular weight is 306 g/mol. The van der Waals surface area contributed by atoms with Crippen LogP contribution in [0.25, 0.3) is 0 Å². The van der Waals surface area contributed by atoms with E-state index in [1.165, 1.54) is 17.7 Å². The van der Waals surface area contributed by atoms with Gasteiger partial charge in [-0.2, -0.15) is 0 Å². The Morgan fingerprint density at radius 2 is 1.67 bits per heavy atom. The number of primary sulfonamides is 1. The van der Waals surface area contributed by atoms with Gasteiger partial charge in [0.15, 0.2) is 0 Å². The summed E-state index contributed by atoms with van der Waals surface area (Å²) < 4.78 is 27.4. The van der Waals surface area contributed by atoms with Gasteiger partial charge < -0.3 is 10.1 Å². The van der Waals surface area contributed by atoms with E-state index >= 15 is 0 Å². The fourth-order valence-corrected chi connectivity index (χ4v) is 2.42. The summed E-state index contributed by atoms with van der Waals surface area (Å²) in [6.45, 7) is 0.751. The molecule has 0 aliphatic carbocycles. The van der Waals surface area contributed by atoms with Crippen molar-refractivity contribution >= 4 is 15.7 Å². The van der Waals surface area contributed by atoms with Crippen molar-refractivity contribution in [2.45, 2.75) is 11.3 Å². The summed E-state index contributed by atoms with van der Waals surface area (Å²) in [5, 5.41) is 8.28. The first-order valence-corrected chi connectivity index (χ1v) is 8.03. The summed E-state index contributed by atoms with van der Waals surface area (Å²) in [4.78, 5) is 0.114. The lowest BCUT2D eigenvalue weighted by Crippen LogP contribution is -2.12. The number of ether oxygens (including phenoxy) is 1. The Hall–Kier alpha value is -2.05. The van der Waals surface area contributed by atoms with E-state index < -0.39 is 10.0 Å². The van der Waals surface area contributed by atoms with Crippen LogP contribution in [0, 0.1) is 0 Å². The Kier molecular flexibility index (Phi) is 4.82. The molecule has 0 saturated carbocycles. The number of methoxy groups -OCH3 is 1. The van der Waals surface area contributed by atoms with Crippen LogP contribution in [0.1, 0.15) is 5.56 Å². The van der Waals surface area contributed by atoms with Gasteiger partial charge in [-0.1, -0.05) is 12.1 Å². The number of anilines is 1. The Labute approximate surface area is 124 Å². The third-order valence-electron chi connectivity index (χ3n) is 3.08. The van der Waals surface area contributed by atoms with Gasteiger partial charge in [0.25, 0.3) is 0 Å². The van der Waals surface area contributed by atoms with Crippen molar-refractivity contribution in [2.24, 2.45) is 5.14 Å². The molecule has 0 amide bonds. The van der Waals surface area contributed by atoms with E-state index in [1.54, 1.807) is 19.2 Å². The highest BCUT2D eigenvalue weighted by molar-refractivity contribution is 7.89. The van der Waals surface area contributed by atoms with Gasteiger partial charge in [-0.3, -0.25) is 0 Å². The van der Waals surface area contributed by atoms with Crippen LogP contribution in [-0.4, -0.2) is 22.1 Å². The second-order valence-corrected chi connectivity index (χ2v) is 6.16. The Bertz CT molecular complexity index is 680. The van der Waals surface area contributed by atoms with E-state index in [1.807, 2.05) is 24.3 Å². The van der Waals surface area contributed by atoms with Crippen LogP contribution in [-0.2, 0) is 16.4 Å². The highest BCUT2D eigenvalue weighted by Gasteiger charge is 2.06. The molecule has 21 heavy (non-hydrogen) atoms. The van der Waals surface area contributed by atoms with E-state index in [4.69, 9.17) is 9.88 Å². The number of benzene rings is 2. The molecule has 112 valence electrons. The van der Waals surface area contributed by atoms with Crippen LogP contribution in [0.2, 0.25) is 0 Å². The molecule has 0 atom stereocenters. The highest BCUT2D eigenvalue weighted by Crippen LogP contribution is 2.14. The molecule has 3 N–H and O–H groups in total. The van der Waals surface area contributed by atoms with Crippen molar-refractivity contribution in [3.63, 3.8) is 0 Å². The molecular formula is C15H18N2O3S. The molecule has 0 aliphatic heterocycles. The van der Waals surface area contributed by atoms with Gasteiger partial charge in [0.1, 0.15) is 5.75 Å². The standard InChI is InChI=1S/C15H18N2O3S/c1-20-14-6-2-12(3-7-14)10-11-17-13-4-8-15(9-5-13)21(16,18)19/h2-9,17H,10-11H2,1H3,(H2,16,18,19). The third kappa shape index (κ3) is 4.47. The van der Waals surface area contributed by atoms with Crippen LogP contribution in [0.3, 0.4) is 0 Å². The van der Waals surface area contributed by atoms with Crippen LogP contribution < -0.4 is 15.2 Å².